The molecule has 0 heterocycles. The molecule has 0 fully saturated rings. The van der Waals surface area contributed by atoms with Gasteiger partial charge in [0.05, 0.1) is 6.42 Å². The van der Waals surface area contributed by atoms with Gasteiger partial charge in [-0.25, -0.2) is 9.59 Å². The minimum absolute atomic E-state index is 0.0172. The van der Waals surface area contributed by atoms with Gasteiger partial charge in [0, 0.05) is 19.4 Å². The van der Waals surface area contributed by atoms with Crippen molar-refractivity contribution in [3.63, 3.8) is 0 Å². The van der Waals surface area contributed by atoms with Crippen molar-refractivity contribution in [1.29, 1.82) is 0 Å². The minimum Gasteiger partial charge on any atom is -0.481 e. The monoisotopic (exact) mass is 494 g/mol. The maximum atomic E-state index is 12.8. The highest BCUT2D eigenvalue weighted by Gasteiger charge is 2.29. The highest BCUT2D eigenvalue weighted by molar-refractivity contribution is 5.96. The predicted octanol–water partition coefficient (Wildman–Crippen LogP) is 1.83. The van der Waals surface area contributed by atoms with Crippen molar-refractivity contribution in [2.24, 2.45) is 5.41 Å². The molecule has 0 radical (unpaired) electrons. The van der Waals surface area contributed by atoms with Crippen molar-refractivity contribution >= 4 is 29.7 Å². The van der Waals surface area contributed by atoms with Crippen molar-refractivity contribution in [2.75, 3.05) is 6.54 Å². The quantitative estimate of drug-likeness (QED) is 0.169. The van der Waals surface area contributed by atoms with Crippen LogP contribution in [0.25, 0.3) is 0 Å². The number of amides is 2. The molecule has 0 aliphatic carbocycles. The molecule has 1 aromatic carbocycles. The van der Waals surface area contributed by atoms with Crippen LogP contribution in [0.15, 0.2) is 24.3 Å². The Labute approximate surface area is 203 Å². The molecule has 0 aromatic heterocycles. The molecule has 0 saturated carbocycles. The summed E-state index contributed by atoms with van der Waals surface area (Å²) in [4.78, 5) is 58.4. The Kier molecular flexibility index (Phi) is 11.7. The Hall–Kier alpha value is -3.63. The number of carbonyl (C=O) groups excluding carboxylic acids is 2. The zero-order valence-corrected chi connectivity index (χ0v) is 20.2. The number of hydrogen-bond donors (Lipinski definition) is 5. The molecule has 1 atom stereocenters. The van der Waals surface area contributed by atoms with Crippen LogP contribution in [0, 0.1) is 5.41 Å². The topological polar surface area (TPSA) is 179 Å². The molecular weight excluding hydrogens is 460 g/mol. The maximum Gasteiger partial charge on any atom is 0.356 e. The molecule has 11 heteroatoms. The lowest BCUT2D eigenvalue weighted by atomic mass is 9.85. The number of nitrogens with one attached hydrogen (secondary N) is 2. The molecule has 0 aliphatic rings. The standard InChI is InChI=1S/C24H34N2O9/c1-4-5-6-11-25-21(30)17(26-18(27)13-24(2,3)14-19(28)29)12-15-7-9-16(10-8-15)35-20(22(31)32)23(33)34/h7-10,17,20H,4-6,11-14H2,1-3H3,(H,25,30)(H,26,27)(H,28,29)(H,31,32)(H,33,34)/t17-/m0/s1. The number of benzene rings is 1. The highest BCUT2D eigenvalue weighted by Crippen LogP contribution is 2.25. The first-order chi connectivity index (χ1) is 16.3. The van der Waals surface area contributed by atoms with E-state index < -0.39 is 41.4 Å². The molecule has 0 unspecified atom stereocenters. The first-order valence-electron chi connectivity index (χ1n) is 11.3. The van der Waals surface area contributed by atoms with Crippen molar-refractivity contribution in [3.05, 3.63) is 29.8 Å². The summed E-state index contributed by atoms with van der Waals surface area (Å²) in [7, 11) is 0. The van der Waals surface area contributed by atoms with Gasteiger partial charge in [0.25, 0.3) is 6.10 Å². The van der Waals surface area contributed by atoms with Crippen LogP contribution < -0.4 is 15.4 Å². The zero-order valence-electron chi connectivity index (χ0n) is 20.2. The van der Waals surface area contributed by atoms with Crippen LogP contribution in [0.1, 0.15) is 58.4 Å². The van der Waals surface area contributed by atoms with Crippen LogP contribution in [0.4, 0.5) is 0 Å². The number of ether oxygens (including phenoxy) is 1. The van der Waals surface area contributed by atoms with Gasteiger partial charge in [-0.1, -0.05) is 45.7 Å². The van der Waals surface area contributed by atoms with Crippen molar-refractivity contribution in [2.45, 2.75) is 71.4 Å². The van der Waals surface area contributed by atoms with Gasteiger partial charge in [0.2, 0.25) is 11.8 Å². The van der Waals surface area contributed by atoms with Crippen LogP contribution in [0.3, 0.4) is 0 Å². The Morgan fingerprint density at radius 3 is 2.06 bits per heavy atom. The average Bonchev–Trinajstić information content (AvgIpc) is 2.73. The van der Waals surface area contributed by atoms with Crippen molar-refractivity contribution in [1.82, 2.24) is 10.6 Å². The van der Waals surface area contributed by atoms with Gasteiger partial charge in [-0.05, 0) is 29.5 Å². The smallest absolute Gasteiger partial charge is 0.356 e. The van der Waals surface area contributed by atoms with E-state index in [4.69, 9.17) is 20.1 Å². The fourth-order valence-electron chi connectivity index (χ4n) is 3.35. The SMILES string of the molecule is CCCCCNC(=O)[C@H](Cc1ccc(OC(C(=O)O)C(=O)O)cc1)NC(=O)CC(C)(C)CC(=O)O. The van der Waals surface area contributed by atoms with Crippen molar-refractivity contribution < 1.29 is 44.0 Å². The van der Waals surface area contributed by atoms with Gasteiger partial charge in [0.1, 0.15) is 11.8 Å². The van der Waals surface area contributed by atoms with Gasteiger partial charge < -0.3 is 30.7 Å². The van der Waals surface area contributed by atoms with Gasteiger partial charge in [-0.15, -0.1) is 0 Å². The van der Waals surface area contributed by atoms with Crippen LogP contribution in [-0.2, 0) is 30.4 Å². The molecular formula is C24H34N2O9. The second-order valence-electron chi connectivity index (χ2n) is 9.05. The molecule has 11 nitrogen and oxygen atoms in total. The summed E-state index contributed by atoms with van der Waals surface area (Å²) in [5, 5.41) is 32.4. The number of carbonyl (C=O) groups is 5. The fraction of sp³-hybridized carbons (Fsp3) is 0.542. The molecule has 0 saturated heterocycles. The fourth-order valence-corrected chi connectivity index (χ4v) is 3.35. The second-order valence-corrected chi connectivity index (χ2v) is 9.05. The largest absolute Gasteiger partial charge is 0.481 e. The first kappa shape index (κ1) is 29.4. The summed E-state index contributed by atoms with van der Waals surface area (Å²) in [6, 6.07) is 4.90. The van der Waals surface area contributed by atoms with E-state index in [9.17, 15) is 24.0 Å². The highest BCUT2D eigenvalue weighted by atomic mass is 16.5. The molecule has 35 heavy (non-hydrogen) atoms. The van der Waals surface area contributed by atoms with Gasteiger partial charge >= 0.3 is 17.9 Å². The van der Waals surface area contributed by atoms with Gasteiger partial charge in [-0.3, -0.25) is 14.4 Å². The van der Waals surface area contributed by atoms with E-state index in [1.807, 2.05) is 6.92 Å². The van der Waals surface area contributed by atoms with E-state index in [-0.39, 0.29) is 30.9 Å². The minimum atomic E-state index is -2.06. The summed E-state index contributed by atoms with van der Waals surface area (Å²) in [6.45, 7) is 5.79. The summed E-state index contributed by atoms with van der Waals surface area (Å²) >= 11 is 0. The van der Waals surface area contributed by atoms with E-state index in [0.717, 1.165) is 19.3 Å². The normalized spacial score (nSPS) is 12.0. The molecule has 0 spiro atoms. The third kappa shape index (κ3) is 11.4. The Morgan fingerprint density at radius 2 is 1.54 bits per heavy atom. The van der Waals surface area contributed by atoms with E-state index in [2.05, 4.69) is 10.6 Å². The third-order valence-electron chi connectivity index (χ3n) is 5.07. The molecule has 0 bridgehead atoms. The Bertz CT molecular complexity index is 883. The number of aliphatic carboxylic acids is 3. The van der Waals surface area contributed by atoms with Crippen LogP contribution in [0.5, 0.6) is 5.75 Å². The molecule has 0 aliphatic heterocycles. The second kappa shape index (κ2) is 13.9. The first-order valence-corrected chi connectivity index (χ1v) is 11.3. The summed E-state index contributed by atoms with van der Waals surface area (Å²) in [5.74, 6) is -5.14. The van der Waals surface area contributed by atoms with E-state index in [0.29, 0.717) is 12.1 Å². The van der Waals surface area contributed by atoms with Gasteiger partial charge in [0.15, 0.2) is 0 Å². The van der Waals surface area contributed by atoms with Gasteiger partial charge in [-0.2, -0.15) is 0 Å². The van der Waals surface area contributed by atoms with E-state index in [1.165, 1.54) is 24.3 Å². The Balaban J connectivity index is 2.93. The maximum absolute atomic E-state index is 12.8. The predicted molar refractivity (Wildman–Crippen MR) is 125 cm³/mol. The van der Waals surface area contributed by atoms with E-state index >= 15 is 0 Å². The van der Waals surface area contributed by atoms with E-state index in [1.54, 1.807) is 13.8 Å². The van der Waals surface area contributed by atoms with Crippen molar-refractivity contribution in [3.8, 4) is 5.75 Å². The number of rotatable bonds is 16. The molecule has 194 valence electrons. The molecule has 5 N–H and O–H groups in total. The zero-order chi connectivity index (χ0) is 26.6. The third-order valence-corrected chi connectivity index (χ3v) is 5.07. The van der Waals surface area contributed by atoms with Crippen LogP contribution in [-0.4, -0.2) is 63.7 Å². The molecule has 2 amide bonds. The Morgan fingerprint density at radius 1 is 0.943 bits per heavy atom. The average molecular weight is 495 g/mol. The number of carboxylic acids is 3. The number of hydrogen-bond acceptors (Lipinski definition) is 6. The van der Waals surface area contributed by atoms with Crippen LogP contribution >= 0.6 is 0 Å². The number of carboxylic acid groups (broad SMARTS) is 3. The lowest BCUT2D eigenvalue weighted by molar-refractivity contribution is -0.159. The number of unbranched alkanes of at least 4 members (excludes halogenated alkanes) is 2. The lowest BCUT2D eigenvalue weighted by Gasteiger charge is -2.24. The lowest BCUT2D eigenvalue weighted by Crippen LogP contribution is -2.49. The summed E-state index contributed by atoms with van der Waals surface area (Å²) in [5.41, 5.74) is -0.194. The molecule has 1 aromatic rings. The summed E-state index contributed by atoms with van der Waals surface area (Å²) < 4.78 is 4.98. The summed E-state index contributed by atoms with van der Waals surface area (Å²) in [6.07, 6.45) is 0.460. The van der Waals surface area contributed by atoms with Crippen LogP contribution in [0.2, 0.25) is 0 Å². The molecule has 1 rings (SSSR count).